The quantitative estimate of drug-likeness (QED) is 0.818. The number of hydrogen-bond donors (Lipinski definition) is 1. The summed E-state index contributed by atoms with van der Waals surface area (Å²) in [6.07, 6.45) is 0. The first-order valence-corrected chi connectivity index (χ1v) is 7.21. The van der Waals surface area contributed by atoms with E-state index in [2.05, 4.69) is 10.1 Å². The molecule has 4 nitrogen and oxygen atoms in total. The van der Waals surface area contributed by atoms with E-state index in [0.29, 0.717) is 5.56 Å². The van der Waals surface area contributed by atoms with E-state index in [1.54, 1.807) is 18.2 Å². The number of amides is 1. The number of ether oxygens (including phenoxy) is 2. The van der Waals surface area contributed by atoms with E-state index in [1.807, 2.05) is 0 Å². The number of benzene rings is 2. The second kappa shape index (κ2) is 8.44. The summed E-state index contributed by atoms with van der Waals surface area (Å²) in [5, 5.41) is 2.55. The minimum absolute atomic E-state index is 0.0117. The summed E-state index contributed by atoms with van der Waals surface area (Å²) in [5.41, 5.74) is 0.394. The number of para-hydroxylation sites is 1. The molecule has 0 aliphatic carbocycles. The van der Waals surface area contributed by atoms with Gasteiger partial charge in [0.2, 0.25) is 0 Å². The van der Waals surface area contributed by atoms with Crippen LogP contribution < -0.4 is 14.8 Å². The fourth-order valence-corrected chi connectivity index (χ4v) is 2.06. The van der Waals surface area contributed by atoms with Crippen LogP contribution in [-0.2, 0) is 11.3 Å². The summed E-state index contributed by atoms with van der Waals surface area (Å²) >= 11 is 5.77. The van der Waals surface area contributed by atoms with Crippen molar-refractivity contribution in [2.24, 2.45) is 0 Å². The fraction of sp³-hybridized carbons (Fsp3) is 0.188. The maximum Gasteiger partial charge on any atom is 0.387 e. The molecule has 0 unspecified atom stereocenters. The summed E-state index contributed by atoms with van der Waals surface area (Å²) in [6, 6.07) is 9.62. The van der Waals surface area contributed by atoms with E-state index in [0.717, 1.165) is 12.1 Å². The molecule has 2 rings (SSSR count). The smallest absolute Gasteiger partial charge is 0.387 e. The first-order valence-electron chi connectivity index (χ1n) is 6.83. The SMILES string of the molecule is O=C(COc1ccc(F)cc1Cl)NCc1ccccc1OC(F)F. The third-order valence-electron chi connectivity index (χ3n) is 2.92. The lowest BCUT2D eigenvalue weighted by atomic mass is 10.2. The molecule has 0 spiro atoms. The third kappa shape index (κ3) is 5.34. The highest BCUT2D eigenvalue weighted by Gasteiger charge is 2.11. The molecule has 2 aromatic rings. The Morgan fingerprint density at radius 3 is 2.62 bits per heavy atom. The summed E-state index contributed by atoms with van der Waals surface area (Å²) in [6.45, 7) is -3.32. The van der Waals surface area contributed by atoms with E-state index < -0.39 is 18.3 Å². The average Bonchev–Trinajstić information content (AvgIpc) is 2.52. The van der Waals surface area contributed by atoms with Crippen molar-refractivity contribution >= 4 is 17.5 Å². The standard InChI is InChI=1S/C16H13ClF3NO3/c17-12-7-11(18)5-6-14(12)23-9-15(22)21-8-10-3-1-2-4-13(10)24-16(19)20/h1-7,16H,8-9H2,(H,21,22). The van der Waals surface area contributed by atoms with Crippen molar-refractivity contribution in [1.29, 1.82) is 0 Å². The molecule has 1 amide bonds. The van der Waals surface area contributed by atoms with Gasteiger partial charge in [0.15, 0.2) is 6.61 Å². The highest BCUT2D eigenvalue weighted by molar-refractivity contribution is 6.32. The largest absolute Gasteiger partial charge is 0.482 e. The first kappa shape index (κ1) is 17.9. The van der Waals surface area contributed by atoms with Gasteiger partial charge in [-0.3, -0.25) is 4.79 Å². The second-order valence-corrected chi connectivity index (χ2v) is 5.03. The van der Waals surface area contributed by atoms with E-state index in [9.17, 15) is 18.0 Å². The lowest BCUT2D eigenvalue weighted by Gasteiger charge is -2.12. The molecule has 0 heterocycles. The van der Waals surface area contributed by atoms with Gasteiger partial charge >= 0.3 is 6.61 Å². The van der Waals surface area contributed by atoms with Gasteiger partial charge in [-0.25, -0.2) is 4.39 Å². The predicted octanol–water partition coefficient (Wildman–Crippen LogP) is 3.78. The molecule has 0 bridgehead atoms. The number of alkyl halides is 2. The fourth-order valence-electron chi connectivity index (χ4n) is 1.84. The molecule has 0 saturated carbocycles. The molecule has 24 heavy (non-hydrogen) atoms. The van der Waals surface area contributed by atoms with Crippen molar-refractivity contribution in [3.8, 4) is 11.5 Å². The van der Waals surface area contributed by atoms with Gasteiger partial charge in [-0.15, -0.1) is 0 Å². The van der Waals surface area contributed by atoms with E-state index in [1.165, 1.54) is 12.1 Å². The van der Waals surface area contributed by atoms with Gasteiger partial charge in [0.25, 0.3) is 5.91 Å². The van der Waals surface area contributed by atoms with Gasteiger partial charge in [0.1, 0.15) is 17.3 Å². The normalized spacial score (nSPS) is 10.5. The topological polar surface area (TPSA) is 47.6 Å². The molecule has 0 fully saturated rings. The van der Waals surface area contributed by atoms with Crippen molar-refractivity contribution in [3.63, 3.8) is 0 Å². The Kier molecular flexibility index (Phi) is 6.31. The van der Waals surface area contributed by atoms with Crippen molar-refractivity contribution in [2.75, 3.05) is 6.61 Å². The third-order valence-corrected chi connectivity index (χ3v) is 3.21. The predicted molar refractivity (Wildman–Crippen MR) is 81.8 cm³/mol. The van der Waals surface area contributed by atoms with Gasteiger partial charge in [-0.1, -0.05) is 29.8 Å². The van der Waals surface area contributed by atoms with Crippen LogP contribution in [0.25, 0.3) is 0 Å². The zero-order chi connectivity index (χ0) is 17.5. The average molecular weight is 360 g/mol. The Morgan fingerprint density at radius 1 is 1.17 bits per heavy atom. The molecule has 128 valence electrons. The monoisotopic (exact) mass is 359 g/mol. The molecule has 1 N–H and O–H groups in total. The highest BCUT2D eigenvalue weighted by Crippen LogP contribution is 2.24. The Morgan fingerprint density at radius 2 is 1.92 bits per heavy atom. The van der Waals surface area contributed by atoms with Crippen molar-refractivity contribution in [1.82, 2.24) is 5.32 Å². The first-order chi connectivity index (χ1) is 11.5. The lowest BCUT2D eigenvalue weighted by molar-refractivity contribution is -0.123. The van der Waals surface area contributed by atoms with Crippen molar-refractivity contribution in [3.05, 3.63) is 58.9 Å². The summed E-state index contributed by atoms with van der Waals surface area (Å²) in [7, 11) is 0. The zero-order valence-electron chi connectivity index (χ0n) is 12.3. The maximum absolute atomic E-state index is 12.9. The van der Waals surface area contributed by atoms with E-state index >= 15 is 0 Å². The Balaban J connectivity index is 1.87. The second-order valence-electron chi connectivity index (χ2n) is 4.63. The summed E-state index contributed by atoms with van der Waals surface area (Å²) in [5.74, 6) is -0.875. The molecular weight excluding hydrogens is 347 g/mol. The highest BCUT2D eigenvalue weighted by atomic mass is 35.5. The Bertz CT molecular complexity index is 713. The van der Waals surface area contributed by atoms with Crippen LogP contribution in [-0.4, -0.2) is 19.1 Å². The minimum Gasteiger partial charge on any atom is -0.482 e. The number of halogens is 4. The van der Waals surface area contributed by atoms with Crippen LogP contribution >= 0.6 is 11.6 Å². The molecular formula is C16H13ClF3NO3. The zero-order valence-corrected chi connectivity index (χ0v) is 13.0. The molecule has 0 saturated heterocycles. The molecule has 0 radical (unpaired) electrons. The van der Waals surface area contributed by atoms with Gasteiger partial charge in [0, 0.05) is 12.1 Å². The van der Waals surface area contributed by atoms with Crippen molar-refractivity contribution < 1.29 is 27.4 Å². The maximum atomic E-state index is 12.9. The van der Waals surface area contributed by atoms with Crippen molar-refractivity contribution in [2.45, 2.75) is 13.2 Å². The summed E-state index contributed by atoms with van der Waals surface area (Å²) < 4.78 is 47.0. The molecule has 8 heteroatoms. The van der Waals surface area contributed by atoms with Crippen LogP contribution in [0.3, 0.4) is 0 Å². The van der Waals surface area contributed by atoms with Crippen LogP contribution in [0.2, 0.25) is 5.02 Å². The van der Waals surface area contributed by atoms with Crippen LogP contribution in [0.15, 0.2) is 42.5 Å². The Labute approximate surface area is 141 Å². The van der Waals surface area contributed by atoms with E-state index in [4.69, 9.17) is 16.3 Å². The lowest BCUT2D eigenvalue weighted by Crippen LogP contribution is -2.28. The number of carbonyl (C=O) groups is 1. The van der Waals surface area contributed by atoms with Gasteiger partial charge in [-0.05, 0) is 24.3 Å². The van der Waals surface area contributed by atoms with Gasteiger partial charge in [0.05, 0.1) is 5.02 Å². The Hall–Kier alpha value is -2.41. The molecule has 2 aromatic carbocycles. The van der Waals surface area contributed by atoms with Gasteiger partial charge in [-0.2, -0.15) is 8.78 Å². The van der Waals surface area contributed by atoms with Crippen LogP contribution in [0, 0.1) is 5.82 Å². The number of hydrogen-bond acceptors (Lipinski definition) is 3. The molecule has 0 atom stereocenters. The molecule has 0 aliphatic rings. The molecule has 0 aromatic heterocycles. The molecule has 0 aliphatic heterocycles. The van der Waals surface area contributed by atoms with E-state index in [-0.39, 0.29) is 29.7 Å². The number of carbonyl (C=O) groups excluding carboxylic acids is 1. The van der Waals surface area contributed by atoms with Gasteiger partial charge < -0.3 is 14.8 Å². The van der Waals surface area contributed by atoms with Crippen LogP contribution in [0.1, 0.15) is 5.56 Å². The number of nitrogens with one attached hydrogen (secondary N) is 1. The minimum atomic E-state index is -2.95. The van der Waals surface area contributed by atoms with Crippen LogP contribution in [0.4, 0.5) is 13.2 Å². The van der Waals surface area contributed by atoms with Crippen LogP contribution in [0.5, 0.6) is 11.5 Å². The summed E-state index contributed by atoms with van der Waals surface area (Å²) in [4.78, 5) is 11.8. The number of rotatable bonds is 7.